The zero-order valence-corrected chi connectivity index (χ0v) is 12.2. The van der Waals surface area contributed by atoms with Gasteiger partial charge in [-0.2, -0.15) is 0 Å². The molecule has 0 radical (unpaired) electrons. The van der Waals surface area contributed by atoms with E-state index >= 15 is 0 Å². The van der Waals surface area contributed by atoms with E-state index < -0.39 is 11.6 Å². The molecule has 3 nitrogen and oxygen atoms in total. The van der Waals surface area contributed by atoms with Gasteiger partial charge in [0.05, 0.1) is 0 Å². The van der Waals surface area contributed by atoms with E-state index in [4.69, 9.17) is 0 Å². The van der Waals surface area contributed by atoms with Crippen LogP contribution in [0.1, 0.15) is 38.8 Å². The van der Waals surface area contributed by atoms with Crippen molar-refractivity contribution in [3.05, 3.63) is 35.4 Å². The molecule has 0 aromatic heterocycles. The van der Waals surface area contributed by atoms with Gasteiger partial charge >= 0.3 is 0 Å². The SMILES string of the molecule is CC(C)CNC(=O)CCNC(C)c1ccc(F)cc1F. The molecule has 1 aromatic carbocycles. The first-order chi connectivity index (χ1) is 9.40. The van der Waals surface area contributed by atoms with Gasteiger partial charge in [-0.3, -0.25) is 4.79 Å². The van der Waals surface area contributed by atoms with Crippen LogP contribution in [0, 0.1) is 17.6 Å². The molecular formula is C15H22F2N2O. The van der Waals surface area contributed by atoms with Gasteiger partial charge in [-0.25, -0.2) is 8.78 Å². The van der Waals surface area contributed by atoms with Gasteiger partial charge in [0.15, 0.2) is 0 Å². The Morgan fingerprint density at radius 3 is 2.55 bits per heavy atom. The summed E-state index contributed by atoms with van der Waals surface area (Å²) in [7, 11) is 0. The van der Waals surface area contributed by atoms with Crippen molar-refractivity contribution in [1.82, 2.24) is 10.6 Å². The van der Waals surface area contributed by atoms with Crippen molar-refractivity contribution in [3.63, 3.8) is 0 Å². The van der Waals surface area contributed by atoms with Crippen LogP contribution in [0.25, 0.3) is 0 Å². The first kappa shape index (κ1) is 16.6. The lowest BCUT2D eigenvalue weighted by Crippen LogP contribution is -2.31. The molecule has 0 heterocycles. The van der Waals surface area contributed by atoms with E-state index in [1.165, 1.54) is 12.1 Å². The maximum atomic E-state index is 13.5. The highest BCUT2D eigenvalue weighted by molar-refractivity contribution is 5.76. The molecule has 112 valence electrons. The van der Waals surface area contributed by atoms with Crippen molar-refractivity contribution in [2.75, 3.05) is 13.1 Å². The molecule has 0 spiro atoms. The van der Waals surface area contributed by atoms with E-state index in [0.717, 1.165) is 6.07 Å². The molecule has 0 aliphatic heterocycles. The maximum absolute atomic E-state index is 13.5. The van der Waals surface area contributed by atoms with Gasteiger partial charge in [-0.15, -0.1) is 0 Å². The lowest BCUT2D eigenvalue weighted by molar-refractivity contribution is -0.121. The highest BCUT2D eigenvalue weighted by atomic mass is 19.1. The van der Waals surface area contributed by atoms with Crippen LogP contribution in [0.2, 0.25) is 0 Å². The van der Waals surface area contributed by atoms with Gasteiger partial charge in [-0.1, -0.05) is 19.9 Å². The van der Waals surface area contributed by atoms with Crippen LogP contribution in [-0.2, 0) is 4.79 Å². The van der Waals surface area contributed by atoms with E-state index in [1.807, 2.05) is 13.8 Å². The van der Waals surface area contributed by atoms with E-state index in [-0.39, 0.29) is 11.9 Å². The molecule has 0 saturated heterocycles. The molecule has 2 N–H and O–H groups in total. The van der Waals surface area contributed by atoms with Crippen LogP contribution in [0.3, 0.4) is 0 Å². The molecule has 1 unspecified atom stereocenters. The van der Waals surface area contributed by atoms with Crippen LogP contribution in [0.5, 0.6) is 0 Å². The molecule has 5 heteroatoms. The fourth-order valence-electron chi connectivity index (χ4n) is 1.77. The number of hydrogen-bond acceptors (Lipinski definition) is 2. The van der Waals surface area contributed by atoms with E-state index in [2.05, 4.69) is 10.6 Å². The second-order valence-corrected chi connectivity index (χ2v) is 5.29. The molecular weight excluding hydrogens is 262 g/mol. The lowest BCUT2D eigenvalue weighted by Gasteiger charge is -2.15. The number of benzene rings is 1. The number of hydrogen-bond donors (Lipinski definition) is 2. The molecule has 0 aliphatic carbocycles. The Hall–Kier alpha value is -1.49. The molecule has 0 aliphatic rings. The highest BCUT2D eigenvalue weighted by Gasteiger charge is 2.11. The Bertz CT molecular complexity index is 449. The third-order valence-electron chi connectivity index (χ3n) is 2.94. The summed E-state index contributed by atoms with van der Waals surface area (Å²) in [5, 5.41) is 5.87. The van der Waals surface area contributed by atoms with Gasteiger partial charge in [0.2, 0.25) is 5.91 Å². The fraction of sp³-hybridized carbons (Fsp3) is 0.533. The van der Waals surface area contributed by atoms with E-state index in [0.29, 0.717) is 31.0 Å². The molecule has 1 amide bonds. The van der Waals surface area contributed by atoms with Gasteiger partial charge in [0.25, 0.3) is 0 Å². The molecule has 1 rings (SSSR count). The van der Waals surface area contributed by atoms with Crippen LogP contribution < -0.4 is 10.6 Å². The van der Waals surface area contributed by atoms with Crippen molar-refractivity contribution in [2.45, 2.75) is 33.2 Å². The van der Waals surface area contributed by atoms with Crippen molar-refractivity contribution in [2.24, 2.45) is 5.92 Å². The van der Waals surface area contributed by atoms with Gasteiger partial charge in [0, 0.05) is 37.2 Å². The minimum atomic E-state index is -0.591. The third-order valence-corrected chi connectivity index (χ3v) is 2.94. The van der Waals surface area contributed by atoms with E-state index in [9.17, 15) is 13.6 Å². The van der Waals surface area contributed by atoms with Crippen LogP contribution >= 0.6 is 0 Å². The summed E-state index contributed by atoms with van der Waals surface area (Å²) in [5.74, 6) is -0.780. The van der Waals surface area contributed by atoms with Gasteiger partial charge in [-0.05, 0) is 18.9 Å². The average molecular weight is 284 g/mol. The number of nitrogens with one attached hydrogen (secondary N) is 2. The quantitative estimate of drug-likeness (QED) is 0.808. The second-order valence-electron chi connectivity index (χ2n) is 5.29. The van der Waals surface area contributed by atoms with Crippen molar-refractivity contribution < 1.29 is 13.6 Å². The smallest absolute Gasteiger partial charge is 0.221 e. The summed E-state index contributed by atoms with van der Waals surface area (Å²) < 4.78 is 26.3. The minimum Gasteiger partial charge on any atom is -0.356 e. The van der Waals surface area contributed by atoms with Crippen LogP contribution in [-0.4, -0.2) is 19.0 Å². The first-order valence-electron chi connectivity index (χ1n) is 6.85. The number of rotatable bonds is 7. The molecule has 20 heavy (non-hydrogen) atoms. The summed E-state index contributed by atoms with van der Waals surface area (Å²) in [6.45, 7) is 6.93. The molecule has 0 bridgehead atoms. The summed E-state index contributed by atoms with van der Waals surface area (Å²) in [4.78, 5) is 11.5. The first-order valence-corrected chi connectivity index (χ1v) is 6.85. The summed E-state index contributed by atoms with van der Waals surface area (Å²) in [5.41, 5.74) is 0.397. The van der Waals surface area contributed by atoms with Crippen LogP contribution in [0.4, 0.5) is 8.78 Å². The Balaban J connectivity index is 2.36. The molecule has 1 atom stereocenters. The lowest BCUT2D eigenvalue weighted by atomic mass is 10.1. The van der Waals surface area contributed by atoms with Crippen molar-refractivity contribution in [3.8, 4) is 0 Å². The maximum Gasteiger partial charge on any atom is 0.221 e. The third kappa shape index (κ3) is 5.65. The molecule has 0 saturated carbocycles. The Morgan fingerprint density at radius 2 is 1.95 bits per heavy atom. The Morgan fingerprint density at radius 1 is 1.25 bits per heavy atom. The Kier molecular flexibility index (Phi) is 6.58. The zero-order chi connectivity index (χ0) is 15.1. The zero-order valence-electron chi connectivity index (χ0n) is 12.2. The normalized spacial score (nSPS) is 12.5. The van der Waals surface area contributed by atoms with Crippen LogP contribution in [0.15, 0.2) is 18.2 Å². The monoisotopic (exact) mass is 284 g/mol. The summed E-state index contributed by atoms with van der Waals surface area (Å²) >= 11 is 0. The number of carbonyl (C=O) groups excluding carboxylic acids is 1. The summed E-state index contributed by atoms with van der Waals surface area (Å²) in [6.07, 6.45) is 0.333. The van der Waals surface area contributed by atoms with Crippen molar-refractivity contribution >= 4 is 5.91 Å². The van der Waals surface area contributed by atoms with Gasteiger partial charge in [0.1, 0.15) is 11.6 Å². The second kappa shape index (κ2) is 7.94. The standard InChI is InChI=1S/C15H22F2N2O/c1-10(2)9-19-15(20)6-7-18-11(3)13-5-4-12(16)8-14(13)17/h4-5,8,10-11,18H,6-7,9H2,1-3H3,(H,19,20). The average Bonchev–Trinajstić information content (AvgIpc) is 2.36. The van der Waals surface area contributed by atoms with Crippen molar-refractivity contribution in [1.29, 1.82) is 0 Å². The number of carbonyl (C=O) groups is 1. The minimum absolute atomic E-state index is 0.0296. The topological polar surface area (TPSA) is 41.1 Å². The molecule has 1 aromatic rings. The fourth-order valence-corrected chi connectivity index (χ4v) is 1.77. The molecule has 0 fully saturated rings. The summed E-state index contributed by atoms with van der Waals surface area (Å²) in [6, 6.07) is 3.24. The number of halogens is 2. The van der Waals surface area contributed by atoms with Gasteiger partial charge < -0.3 is 10.6 Å². The van der Waals surface area contributed by atoms with E-state index in [1.54, 1.807) is 6.92 Å². The predicted molar refractivity (Wildman–Crippen MR) is 75.2 cm³/mol. The number of amides is 1. The highest BCUT2D eigenvalue weighted by Crippen LogP contribution is 2.17. The Labute approximate surface area is 118 Å². The predicted octanol–water partition coefficient (Wildman–Crippen LogP) is 2.78. The largest absolute Gasteiger partial charge is 0.356 e.